The van der Waals surface area contributed by atoms with E-state index in [1.165, 1.54) is 13.8 Å². The lowest BCUT2D eigenvalue weighted by atomic mass is 10.0. The van der Waals surface area contributed by atoms with Crippen LogP contribution < -0.4 is 20.9 Å². The van der Waals surface area contributed by atoms with E-state index in [0.717, 1.165) is 16.8 Å². The van der Waals surface area contributed by atoms with E-state index >= 15 is 4.39 Å². The van der Waals surface area contributed by atoms with Crippen LogP contribution in [0.25, 0.3) is 0 Å². The number of carbonyl (C=O) groups excluding carboxylic acids is 1. The summed E-state index contributed by atoms with van der Waals surface area (Å²) in [5, 5.41) is 2.54. The van der Waals surface area contributed by atoms with Crippen molar-refractivity contribution in [1.29, 1.82) is 0 Å². The van der Waals surface area contributed by atoms with Gasteiger partial charge in [-0.15, -0.1) is 12.8 Å². The topological polar surface area (TPSA) is 138 Å². The summed E-state index contributed by atoms with van der Waals surface area (Å²) in [7, 11) is -4.17. The minimum atomic E-state index is -4.17. The maximum Gasteiger partial charge on any atom is 0.459 e. The summed E-state index contributed by atoms with van der Waals surface area (Å²) >= 11 is 0. The predicted molar refractivity (Wildman–Crippen MR) is 134 cm³/mol. The van der Waals surface area contributed by atoms with Crippen LogP contribution in [0.1, 0.15) is 40.3 Å². The van der Waals surface area contributed by atoms with E-state index in [4.69, 9.17) is 18.5 Å². The molecule has 0 saturated carbocycles. The summed E-state index contributed by atoms with van der Waals surface area (Å²) in [5.74, 6) is -0.445. The van der Waals surface area contributed by atoms with E-state index in [9.17, 15) is 18.9 Å². The molecule has 3 unspecified atom stereocenters. The Morgan fingerprint density at radius 3 is 2.51 bits per heavy atom. The van der Waals surface area contributed by atoms with Gasteiger partial charge in [0.2, 0.25) is 0 Å². The molecule has 1 fully saturated rings. The Morgan fingerprint density at radius 2 is 1.92 bits per heavy atom. The molecule has 2 heterocycles. The van der Waals surface area contributed by atoms with Crippen LogP contribution in [0.15, 0.2) is 52.2 Å². The lowest BCUT2D eigenvalue weighted by Crippen LogP contribution is -2.38. The van der Waals surface area contributed by atoms with Crippen LogP contribution in [-0.4, -0.2) is 46.0 Å². The number of aromatic nitrogens is 2. The van der Waals surface area contributed by atoms with Crippen molar-refractivity contribution in [2.24, 2.45) is 0 Å². The van der Waals surface area contributed by atoms with Crippen molar-refractivity contribution in [3.63, 3.8) is 0 Å². The zero-order chi connectivity index (χ0) is 27.8. The summed E-state index contributed by atoms with van der Waals surface area (Å²) in [6.07, 6.45) is 6.30. The molecule has 37 heavy (non-hydrogen) atoms. The first kappa shape index (κ1) is 30.0. The number of alkyl halides is 1. The molecular formula is C24H31FN3O8P. The molecular weight excluding hydrogens is 508 g/mol. The maximum atomic E-state index is 15.3. The van der Waals surface area contributed by atoms with Gasteiger partial charge in [0.25, 0.3) is 5.56 Å². The largest absolute Gasteiger partial charge is 0.462 e. The van der Waals surface area contributed by atoms with Crippen molar-refractivity contribution in [3.8, 4) is 18.6 Å². The number of rotatable bonds is 10. The van der Waals surface area contributed by atoms with Crippen molar-refractivity contribution in [2.75, 3.05) is 6.61 Å². The highest BCUT2D eigenvalue weighted by atomic mass is 31.2. The Morgan fingerprint density at radius 1 is 1.27 bits per heavy atom. The molecule has 1 aliphatic heterocycles. The molecule has 1 aliphatic rings. The minimum absolute atomic E-state index is 0.195. The number of nitrogens with zero attached hydrogens (tertiary/aromatic N) is 1. The lowest BCUT2D eigenvalue weighted by molar-refractivity contribution is -0.149. The highest BCUT2D eigenvalue weighted by Gasteiger charge is 2.48. The first-order chi connectivity index (χ1) is 17.4. The molecule has 1 saturated heterocycles. The summed E-state index contributed by atoms with van der Waals surface area (Å²) < 4.78 is 51.7. The molecule has 2 aromatic rings. The number of esters is 1. The molecule has 0 bridgehead atoms. The second kappa shape index (κ2) is 12.8. The fourth-order valence-electron chi connectivity index (χ4n) is 3.50. The predicted octanol–water partition coefficient (Wildman–Crippen LogP) is 2.94. The average Bonchev–Trinajstić information content (AvgIpc) is 3.13. The molecule has 202 valence electrons. The summed E-state index contributed by atoms with van der Waals surface area (Å²) in [6, 6.07) is 8.20. The Hall–Kier alpha value is -3.23. The fourth-order valence-corrected chi connectivity index (χ4v) is 5.02. The molecule has 1 aromatic carbocycles. The number of terminal acetylenes is 1. The van der Waals surface area contributed by atoms with Crippen LogP contribution in [0.5, 0.6) is 5.75 Å². The molecule has 0 spiro atoms. The van der Waals surface area contributed by atoms with Crippen molar-refractivity contribution in [1.82, 2.24) is 14.6 Å². The highest BCUT2D eigenvalue weighted by molar-refractivity contribution is 7.52. The van der Waals surface area contributed by atoms with Gasteiger partial charge < -0.3 is 14.0 Å². The Bertz CT molecular complexity index is 1230. The quantitative estimate of drug-likeness (QED) is 0.265. The number of H-pyrrole nitrogens is 1. The molecule has 13 heteroatoms. The van der Waals surface area contributed by atoms with Crippen LogP contribution in [0, 0.1) is 12.8 Å². The van der Waals surface area contributed by atoms with Crippen molar-refractivity contribution >= 4 is 13.7 Å². The summed E-state index contributed by atoms with van der Waals surface area (Å²) in [5.41, 5.74) is -3.45. The monoisotopic (exact) mass is 539 g/mol. The smallest absolute Gasteiger partial charge is 0.459 e. The van der Waals surface area contributed by atoms with E-state index in [0.29, 0.717) is 0 Å². The number of para-hydroxylation sites is 1. The third kappa shape index (κ3) is 8.40. The molecule has 0 amide bonds. The number of hydrogen-bond acceptors (Lipinski definition) is 8. The van der Waals surface area contributed by atoms with Crippen molar-refractivity contribution in [3.05, 3.63) is 63.4 Å². The minimum Gasteiger partial charge on any atom is -0.462 e. The normalized spacial score (nSPS) is 23.4. The molecule has 5 atom stereocenters. The highest BCUT2D eigenvalue weighted by Crippen LogP contribution is 2.47. The molecule has 0 radical (unpaired) electrons. The number of aromatic amines is 1. The average molecular weight is 539 g/mol. The van der Waals surface area contributed by atoms with Gasteiger partial charge in [0.1, 0.15) is 11.8 Å². The number of ether oxygens (including phenoxy) is 2. The van der Waals surface area contributed by atoms with Crippen LogP contribution in [0.4, 0.5) is 4.39 Å². The Balaban J connectivity index is 0.00000235. The summed E-state index contributed by atoms with van der Waals surface area (Å²) in [4.78, 5) is 37.7. The first-order valence-electron chi connectivity index (χ1n) is 11.4. The van der Waals surface area contributed by atoms with Gasteiger partial charge in [-0.1, -0.05) is 18.2 Å². The van der Waals surface area contributed by atoms with E-state index in [1.807, 2.05) is 0 Å². The number of carbonyl (C=O) groups is 1. The van der Waals surface area contributed by atoms with Crippen molar-refractivity contribution < 1.29 is 32.3 Å². The van der Waals surface area contributed by atoms with Crippen LogP contribution in [-0.2, 0) is 23.4 Å². The zero-order valence-electron chi connectivity index (χ0n) is 21.0. The van der Waals surface area contributed by atoms with E-state index in [1.54, 1.807) is 44.2 Å². The Labute approximate surface area is 213 Å². The first-order valence-corrected chi connectivity index (χ1v) is 12.9. The zero-order valence-corrected chi connectivity index (χ0v) is 21.9. The Kier molecular flexibility index (Phi) is 10.4. The van der Waals surface area contributed by atoms with E-state index < -0.39 is 49.0 Å². The summed E-state index contributed by atoms with van der Waals surface area (Å²) in [6.45, 7) is 5.67. The molecule has 3 rings (SSSR count). The van der Waals surface area contributed by atoms with E-state index in [2.05, 4.69) is 22.9 Å². The number of halogens is 1. The molecule has 11 nitrogen and oxygen atoms in total. The van der Waals surface area contributed by atoms with E-state index in [-0.39, 0.29) is 24.9 Å². The molecule has 2 N–H and O–H groups in total. The van der Waals surface area contributed by atoms with Gasteiger partial charge in [0, 0.05) is 18.7 Å². The second-order valence-electron chi connectivity index (χ2n) is 8.64. The van der Waals surface area contributed by atoms with Gasteiger partial charge in [0.05, 0.1) is 18.8 Å². The fraction of sp³-hybridized carbons (Fsp3) is 0.458. The number of nitrogens with one attached hydrogen (secondary N) is 2. The van der Waals surface area contributed by atoms with Crippen molar-refractivity contribution in [2.45, 2.75) is 64.3 Å². The van der Waals surface area contributed by atoms with Crippen LogP contribution in [0.2, 0.25) is 0 Å². The third-order valence-electron chi connectivity index (χ3n) is 5.02. The second-order valence-corrected chi connectivity index (χ2v) is 10.3. The number of hydrogen-bond donors (Lipinski definition) is 2. The van der Waals surface area contributed by atoms with Gasteiger partial charge in [-0.3, -0.25) is 23.7 Å². The standard InChI is InChI=1S/C22H29FN3O8P.C2H2/c1-14(2)32-19(28)15(3)25-35(30,34-16-8-6-5-7-9-16)31-13-17-12-22(4,23)20(33-17)26-11-10-18(27)24-21(26)29;1-2/h5-11,14-15,17,20H,12-13H2,1-4H3,(H,25,30)(H,24,27,29);1-2H/t15?,17?,20?,22-,35+;/m1./s1. The SMILES string of the molecule is C#C.CC(C)OC(=O)C(C)N[P@](=O)(OCC1C[C@@](C)(F)C(n2ccc(=O)[nH]c2=O)O1)Oc1ccccc1. The third-order valence-corrected chi connectivity index (χ3v) is 6.67. The van der Waals surface area contributed by atoms with Crippen LogP contribution in [0.3, 0.4) is 0 Å². The molecule has 1 aromatic heterocycles. The van der Waals surface area contributed by atoms with Gasteiger partial charge in [-0.2, -0.15) is 5.09 Å². The van der Waals surface area contributed by atoms with Gasteiger partial charge in [-0.25, -0.2) is 13.8 Å². The number of benzene rings is 1. The van der Waals surface area contributed by atoms with Crippen LogP contribution >= 0.6 is 7.75 Å². The lowest BCUT2D eigenvalue weighted by Gasteiger charge is -2.24. The molecule has 0 aliphatic carbocycles. The van der Waals surface area contributed by atoms with Gasteiger partial charge in [0.15, 0.2) is 11.9 Å². The van der Waals surface area contributed by atoms with Gasteiger partial charge >= 0.3 is 19.4 Å². The maximum absolute atomic E-state index is 15.3. The van der Waals surface area contributed by atoms with Gasteiger partial charge in [-0.05, 0) is 39.8 Å².